The zero-order valence-electron chi connectivity index (χ0n) is 16.6. The molecule has 2 amide bonds. The Morgan fingerprint density at radius 1 is 0.966 bits per heavy atom. The highest BCUT2D eigenvalue weighted by atomic mass is 79.9. The molecule has 2 aromatic rings. The molecule has 29 heavy (non-hydrogen) atoms. The molecule has 0 unspecified atom stereocenters. The molecule has 2 N–H and O–H groups in total. The molecule has 0 heterocycles. The summed E-state index contributed by atoms with van der Waals surface area (Å²) < 4.78 is 11.7. The lowest BCUT2D eigenvalue weighted by Crippen LogP contribution is -2.43. The fourth-order valence-electron chi connectivity index (χ4n) is 3.84. The van der Waals surface area contributed by atoms with Crippen LogP contribution < -0.4 is 20.1 Å². The molecule has 0 aromatic heterocycles. The van der Waals surface area contributed by atoms with Crippen molar-refractivity contribution in [3.8, 4) is 11.5 Å². The SMILES string of the molecule is COc1ccc(C2(CNC(=O)C(=O)Nc3ccc(Br)cc3)CCCC2)cc1OC. The number of rotatable bonds is 6. The van der Waals surface area contributed by atoms with E-state index in [-0.39, 0.29) is 5.41 Å². The standard InChI is InChI=1S/C22H25BrN2O4/c1-28-18-10-5-15(13-19(18)29-2)22(11-3-4-12-22)14-24-20(26)21(27)25-17-8-6-16(23)7-9-17/h5-10,13H,3-4,11-12,14H2,1-2H3,(H,24,26)(H,25,27). The Hall–Kier alpha value is -2.54. The van der Waals surface area contributed by atoms with E-state index in [1.165, 1.54) is 0 Å². The minimum Gasteiger partial charge on any atom is -0.493 e. The Kier molecular flexibility index (Phi) is 6.79. The minimum atomic E-state index is -0.673. The number of halogens is 1. The van der Waals surface area contributed by atoms with Crippen LogP contribution in [-0.2, 0) is 15.0 Å². The van der Waals surface area contributed by atoms with Gasteiger partial charge in [0.25, 0.3) is 0 Å². The molecule has 7 heteroatoms. The molecule has 0 bridgehead atoms. The largest absolute Gasteiger partial charge is 0.493 e. The number of anilines is 1. The quantitative estimate of drug-likeness (QED) is 0.637. The van der Waals surface area contributed by atoms with Crippen LogP contribution in [0.5, 0.6) is 11.5 Å². The lowest BCUT2D eigenvalue weighted by atomic mass is 9.78. The Morgan fingerprint density at radius 2 is 1.62 bits per heavy atom. The van der Waals surface area contributed by atoms with Crippen molar-refractivity contribution in [2.45, 2.75) is 31.1 Å². The zero-order chi connectivity index (χ0) is 20.9. The number of carbonyl (C=O) groups excluding carboxylic acids is 2. The third-order valence-corrected chi connectivity index (χ3v) is 5.98. The van der Waals surface area contributed by atoms with E-state index in [1.54, 1.807) is 38.5 Å². The summed E-state index contributed by atoms with van der Waals surface area (Å²) in [6, 6.07) is 12.9. The highest BCUT2D eigenvalue weighted by Crippen LogP contribution is 2.43. The number of hydrogen-bond acceptors (Lipinski definition) is 4. The predicted molar refractivity (Wildman–Crippen MR) is 115 cm³/mol. The molecule has 3 rings (SSSR count). The monoisotopic (exact) mass is 460 g/mol. The first-order chi connectivity index (χ1) is 14.0. The van der Waals surface area contributed by atoms with Gasteiger partial charge in [-0.3, -0.25) is 9.59 Å². The molecule has 0 spiro atoms. The average Bonchev–Trinajstić information content (AvgIpc) is 3.23. The number of carbonyl (C=O) groups is 2. The van der Waals surface area contributed by atoms with Crippen LogP contribution in [0.3, 0.4) is 0 Å². The second kappa shape index (κ2) is 9.31. The number of ether oxygens (including phenoxy) is 2. The first-order valence-corrected chi connectivity index (χ1v) is 10.3. The maximum absolute atomic E-state index is 12.4. The minimum absolute atomic E-state index is 0.215. The number of nitrogens with one attached hydrogen (secondary N) is 2. The van der Waals surface area contributed by atoms with Gasteiger partial charge >= 0.3 is 11.8 Å². The maximum Gasteiger partial charge on any atom is 0.313 e. The van der Waals surface area contributed by atoms with Gasteiger partial charge in [-0.1, -0.05) is 34.8 Å². The molecule has 0 aliphatic heterocycles. The van der Waals surface area contributed by atoms with Crippen LogP contribution in [0.2, 0.25) is 0 Å². The fraction of sp³-hybridized carbons (Fsp3) is 0.364. The summed E-state index contributed by atoms with van der Waals surface area (Å²) in [5.41, 5.74) is 1.44. The average molecular weight is 461 g/mol. The zero-order valence-corrected chi connectivity index (χ0v) is 18.2. The molecule has 6 nitrogen and oxygen atoms in total. The van der Waals surface area contributed by atoms with Gasteiger partial charge in [0.05, 0.1) is 14.2 Å². The van der Waals surface area contributed by atoms with E-state index >= 15 is 0 Å². The molecular formula is C22H25BrN2O4. The van der Waals surface area contributed by atoms with Crippen molar-refractivity contribution in [3.63, 3.8) is 0 Å². The highest BCUT2D eigenvalue weighted by molar-refractivity contribution is 9.10. The number of methoxy groups -OCH3 is 2. The molecule has 154 valence electrons. The van der Waals surface area contributed by atoms with Crippen molar-refractivity contribution in [2.75, 3.05) is 26.1 Å². The Labute approximate surface area is 179 Å². The van der Waals surface area contributed by atoms with Gasteiger partial charge < -0.3 is 20.1 Å². The first-order valence-electron chi connectivity index (χ1n) is 9.55. The van der Waals surface area contributed by atoms with E-state index in [0.29, 0.717) is 23.7 Å². The van der Waals surface area contributed by atoms with Gasteiger partial charge in [-0.2, -0.15) is 0 Å². The molecule has 0 saturated heterocycles. The van der Waals surface area contributed by atoms with E-state index in [4.69, 9.17) is 9.47 Å². The summed E-state index contributed by atoms with van der Waals surface area (Å²) in [6.45, 7) is 0.398. The van der Waals surface area contributed by atoms with Crippen molar-refractivity contribution in [3.05, 3.63) is 52.5 Å². The van der Waals surface area contributed by atoms with Crippen molar-refractivity contribution in [1.82, 2.24) is 5.32 Å². The van der Waals surface area contributed by atoms with Crippen molar-refractivity contribution >= 4 is 33.4 Å². The lowest BCUT2D eigenvalue weighted by molar-refractivity contribution is -0.136. The predicted octanol–water partition coefficient (Wildman–Crippen LogP) is 4.03. The van der Waals surface area contributed by atoms with Crippen LogP contribution in [0, 0.1) is 0 Å². The molecule has 1 fully saturated rings. The fourth-order valence-corrected chi connectivity index (χ4v) is 4.10. The van der Waals surface area contributed by atoms with Crippen LogP contribution in [-0.4, -0.2) is 32.6 Å². The molecule has 0 atom stereocenters. The Morgan fingerprint density at radius 3 is 2.24 bits per heavy atom. The Balaban J connectivity index is 1.69. The summed E-state index contributed by atoms with van der Waals surface area (Å²) in [4.78, 5) is 24.6. The van der Waals surface area contributed by atoms with E-state index < -0.39 is 11.8 Å². The van der Waals surface area contributed by atoms with Gasteiger partial charge in [-0.25, -0.2) is 0 Å². The third kappa shape index (κ3) is 4.90. The summed E-state index contributed by atoms with van der Waals surface area (Å²) in [5, 5.41) is 5.45. The van der Waals surface area contributed by atoms with Crippen molar-refractivity contribution in [1.29, 1.82) is 0 Å². The number of amides is 2. The van der Waals surface area contributed by atoms with Gasteiger partial charge in [-0.05, 0) is 54.8 Å². The summed E-state index contributed by atoms with van der Waals surface area (Å²) in [6.07, 6.45) is 4.04. The van der Waals surface area contributed by atoms with Gasteiger partial charge in [0.15, 0.2) is 11.5 Å². The van der Waals surface area contributed by atoms with Gasteiger partial charge in [0, 0.05) is 22.1 Å². The summed E-state index contributed by atoms with van der Waals surface area (Å²) in [7, 11) is 3.21. The normalized spacial score (nSPS) is 14.9. The van der Waals surface area contributed by atoms with Crippen LogP contribution in [0.15, 0.2) is 46.9 Å². The van der Waals surface area contributed by atoms with E-state index in [0.717, 1.165) is 35.7 Å². The Bertz CT molecular complexity index is 877. The third-order valence-electron chi connectivity index (χ3n) is 5.45. The van der Waals surface area contributed by atoms with Crippen molar-refractivity contribution in [2.24, 2.45) is 0 Å². The smallest absolute Gasteiger partial charge is 0.313 e. The number of hydrogen-bond donors (Lipinski definition) is 2. The van der Waals surface area contributed by atoms with Gasteiger partial charge in [0.2, 0.25) is 0 Å². The van der Waals surface area contributed by atoms with Crippen LogP contribution in [0.25, 0.3) is 0 Å². The van der Waals surface area contributed by atoms with E-state index in [1.807, 2.05) is 18.2 Å². The van der Waals surface area contributed by atoms with Gasteiger partial charge in [0.1, 0.15) is 0 Å². The summed E-state index contributed by atoms with van der Waals surface area (Å²) in [5.74, 6) is 0.0188. The molecule has 2 aromatic carbocycles. The first kappa shape index (κ1) is 21.2. The maximum atomic E-state index is 12.4. The molecule has 0 radical (unpaired) electrons. The van der Waals surface area contributed by atoms with Crippen molar-refractivity contribution < 1.29 is 19.1 Å². The molecule has 1 saturated carbocycles. The second-order valence-electron chi connectivity index (χ2n) is 7.20. The number of benzene rings is 2. The lowest BCUT2D eigenvalue weighted by Gasteiger charge is -2.30. The topological polar surface area (TPSA) is 76.7 Å². The van der Waals surface area contributed by atoms with E-state index in [2.05, 4.69) is 26.6 Å². The van der Waals surface area contributed by atoms with Crippen LogP contribution >= 0.6 is 15.9 Å². The van der Waals surface area contributed by atoms with Crippen LogP contribution in [0.1, 0.15) is 31.2 Å². The van der Waals surface area contributed by atoms with Crippen LogP contribution in [0.4, 0.5) is 5.69 Å². The summed E-state index contributed by atoms with van der Waals surface area (Å²) >= 11 is 3.34. The molecular weight excluding hydrogens is 436 g/mol. The molecule has 1 aliphatic rings. The van der Waals surface area contributed by atoms with Gasteiger partial charge in [-0.15, -0.1) is 0 Å². The molecule has 1 aliphatic carbocycles. The highest BCUT2D eigenvalue weighted by Gasteiger charge is 2.37. The second-order valence-corrected chi connectivity index (χ2v) is 8.12. The van der Waals surface area contributed by atoms with E-state index in [9.17, 15) is 9.59 Å².